The second-order valence-electron chi connectivity index (χ2n) is 3.55. The molecule has 78 valence electrons. The zero-order chi connectivity index (χ0) is 10.8. The molecule has 0 bridgehead atoms. The molecule has 14 heavy (non-hydrogen) atoms. The number of hydrogen-bond acceptors (Lipinski definition) is 0. The van der Waals surface area contributed by atoms with Crippen molar-refractivity contribution >= 4 is 0 Å². The molecule has 0 spiro atoms. The molecular weight excluding hydrogens is 168 g/mol. The lowest BCUT2D eigenvalue weighted by Gasteiger charge is -1.93. The van der Waals surface area contributed by atoms with Gasteiger partial charge in [-0.25, -0.2) is 0 Å². The van der Waals surface area contributed by atoms with Gasteiger partial charge in [0.25, 0.3) is 0 Å². The minimum atomic E-state index is 1.11. The van der Waals surface area contributed by atoms with E-state index in [0.717, 1.165) is 6.42 Å². The van der Waals surface area contributed by atoms with Crippen molar-refractivity contribution in [3.63, 3.8) is 0 Å². The summed E-state index contributed by atoms with van der Waals surface area (Å²) in [5.74, 6) is 0. The molecule has 0 aliphatic carbocycles. The summed E-state index contributed by atoms with van der Waals surface area (Å²) in [5.41, 5.74) is 2.70. The number of aryl methyl sites for hydroxylation is 1. The minimum Gasteiger partial charge on any atom is -0.100 e. The molecular formula is C14H22. The van der Waals surface area contributed by atoms with Gasteiger partial charge in [0.1, 0.15) is 0 Å². The van der Waals surface area contributed by atoms with Crippen LogP contribution in [0.5, 0.6) is 0 Å². The topological polar surface area (TPSA) is 0 Å². The normalized spacial score (nSPS) is 8.79. The van der Waals surface area contributed by atoms with E-state index in [0.29, 0.717) is 0 Å². The molecule has 0 amide bonds. The van der Waals surface area contributed by atoms with Crippen LogP contribution in [0.15, 0.2) is 42.5 Å². The molecule has 0 atom stereocenters. The molecule has 0 N–H and O–H groups in total. The van der Waals surface area contributed by atoms with Crippen molar-refractivity contribution in [1.29, 1.82) is 0 Å². The standard InChI is InChI=1S/C9H12.C5H10/c1-2-6-9-7-4-3-5-8-9;1-4-5(2)3/h3-5,7-8H,2,6H2,1H3;2,4H2,1,3H3. The Labute approximate surface area is 88.7 Å². The molecule has 1 aromatic rings. The van der Waals surface area contributed by atoms with Crippen molar-refractivity contribution < 1.29 is 0 Å². The smallest absolute Gasteiger partial charge is 0.0281 e. The molecule has 0 heterocycles. The SMILES string of the molecule is C=C(C)CC.CCCc1ccccc1. The highest BCUT2D eigenvalue weighted by molar-refractivity contribution is 5.14. The number of allylic oxidation sites excluding steroid dienone is 1. The Bertz CT molecular complexity index is 233. The fraction of sp³-hybridized carbons (Fsp3) is 0.429. The van der Waals surface area contributed by atoms with E-state index in [9.17, 15) is 0 Å². The van der Waals surface area contributed by atoms with E-state index in [1.165, 1.54) is 24.0 Å². The third kappa shape index (κ3) is 7.60. The number of hydrogen-bond donors (Lipinski definition) is 0. The van der Waals surface area contributed by atoms with Crippen molar-refractivity contribution in [2.75, 3.05) is 0 Å². The Balaban J connectivity index is 0.000000292. The summed E-state index contributed by atoms with van der Waals surface area (Å²) < 4.78 is 0. The quantitative estimate of drug-likeness (QED) is 0.610. The van der Waals surface area contributed by atoms with Gasteiger partial charge in [0.15, 0.2) is 0 Å². The fourth-order valence-corrected chi connectivity index (χ4v) is 0.933. The summed E-state index contributed by atoms with van der Waals surface area (Å²) >= 11 is 0. The van der Waals surface area contributed by atoms with Crippen molar-refractivity contribution in [2.24, 2.45) is 0 Å². The molecule has 0 aliphatic heterocycles. The van der Waals surface area contributed by atoms with E-state index in [4.69, 9.17) is 0 Å². The van der Waals surface area contributed by atoms with Gasteiger partial charge in [0, 0.05) is 0 Å². The van der Waals surface area contributed by atoms with Crippen LogP contribution in [0, 0.1) is 0 Å². The highest BCUT2D eigenvalue weighted by Gasteiger charge is 1.84. The largest absolute Gasteiger partial charge is 0.100 e. The first-order chi connectivity index (χ1) is 6.70. The highest BCUT2D eigenvalue weighted by atomic mass is 13.9. The summed E-state index contributed by atoms with van der Waals surface area (Å²) in [7, 11) is 0. The zero-order valence-electron chi connectivity index (χ0n) is 9.72. The second-order valence-corrected chi connectivity index (χ2v) is 3.55. The fourth-order valence-electron chi connectivity index (χ4n) is 0.933. The van der Waals surface area contributed by atoms with Gasteiger partial charge in [0.2, 0.25) is 0 Å². The van der Waals surface area contributed by atoms with Gasteiger partial charge in [-0.3, -0.25) is 0 Å². The van der Waals surface area contributed by atoms with Gasteiger partial charge in [-0.15, -0.1) is 6.58 Å². The van der Waals surface area contributed by atoms with Gasteiger partial charge in [-0.05, 0) is 25.3 Å². The summed E-state index contributed by atoms with van der Waals surface area (Å²) in [4.78, 5) is 0. The lowest BCUT2D eigenvalue weighted by atomic mass is 10.1. The predicted molar refractivity (Wildman–Crippen MR) is 65.5 cm³/mol. The molecule has 0 heteroatoms. The van der Waals surface area contributed by atoms with Gasteiger partial charge in [0.05, 0.1) is 0 Å². The van der Waals surface area contributed by atoms with Crippen LogP contribution in [-0.4, -0.2) is 0 Å². The van der Waals surface area contributed by atoms with Crippen molar-refractivity contribution in [1.82, 2.24) is 0 Å². The van der Waals surface area contributed by atoms with Crippen LogP contribution in [0.4, 0.5) is 0 Å². The first kappa shape index (κ1) is 13.0. The van der Waals surface area contributed by atoms with Crippen LogP contribution in [0.3, 0.4) is 0 Å². The summed E-state index contributed by atoms with van der Waals surface area (Å²) in [6, 6.07) is 10.6. The third-order valence-corrected chi connectivity index (χ3v) is 1.99. The van der Waals surface area contributed by atoms with Crippen molar-refractivity contribution in [3.05, 3.63) is 48.0 Å². The van der Waals surface area contributed by atoms with Crippen LogP contribution in [-0.2, 0) is 6.42 Å². The Morgan fingerprint density at radius 2 is 1.64 bits per heavy atom. The van der Waals surface area contributed by atoms with Crippen LogP contribution < -0.4 is 0 Å². The van der Waals surface area contributed by atoms with Gasteiger partial charge >= 0.3 is 0 Å². The van der Waals surface area contributed by atoms with Gasteiger partial charge < -0.3 is 0 Å². The van der Waals surface area contributed by atoms with Crippen LogP contribution in [0.1, 0.15) is 39.2 Å². The molecule has 1 aromatic carbocycles. The lowest BCUT2D eigenvalue weighted by Crippen LogP contribution is -1.78. The second kappa shape index (κ2) is 8.55. The van der Waals surface area contributed by atoms with E-state index in [2.05, 4.69) is 50.8 Å². The number of benzene rings is 1. The average molecular weight is 190 g/mol. The maximum atomic E-state index is 3.67. The minimum absolute atomic E-state index is 1.11. The third-order valence-electron chi connectivity index (χ3n) is 1.99. The summed E-state index contributed by atoms with van der Waals surface area (Å²) in [6.45, 7) is 10.0. The Kier molecular flexibility index (Phi) is 7.92. The molecule has 0 saturated carbocycles. The van der Waals surface area contributed by atoms with Gasteiger partial charge in [-0.1, -0.05) is 56.2 Å². The summed E-state index contributed by atoms with van der Waals surface area (Å²) in [5, 5.41) is 0. The lowest BCUT2D eigenvalue weighted by molar-refractivity contribution is 0.922. The Morgan fingerprint density at radius 1 is 1.14 bits per heavy atom. The van der Waals surface area contributed by atoms with Crippen LogP contribution >= 0.6 is 0 Å². The molecule has 0 saturated heterocycles. The molecule has 0 aromatic heterocycles. The van der Waals surface area contributed by atoms with Gasteiger partial charge in [-0.2, -0.15) is 0 Å². The van der Waals surface area contributed by atoms with E-state index in [-0.39, 0.29) is 0 Å². The van der Waals surface area contributed by atoms with E-state index >= 15 is 0 Å². The average Bonchev–Trinajstić information content (AvgIpc) is 2.21. The van der Waals surface area contributed by atoms with E-state index < -0.39 is 0 Å². The van der Waals surface area contributed by atoms with E-state index in [1.54, 1.807) is 0 Å². The highest BCUT2D eigenvalue weighted by Crippen LogP contribution is 2.00. The molecule has 1 rings (SSSR count). The van der Waals surface area contributed by atoms with Crippen molar-refractivity contribution in [3.8, 4) is 0 Å². The molecule has 0 radical (unpaired) electrons. The first-order valence-electron chi connectivity index (χ1n) is 5.39. The molecule has 0 unspecified atom stereocenters. The number of rotatable bonds is 3. The predicted octanol–water partition coefficient (Wildman–Crippen LogP) is 4.61. The van der Waals surface area contributed by atoms with E-state index in [1.807, 2.05) is 6.92 Å². The summed E-state index contributed by atoms with van der Waals surface area (Å²) in [6.07, 6.45) is 3.56. The maximum Gasteiger partial charge on any atom is -0.0281 e. The molecule has 0 aliphatic rings. The molecule has 0 nitrogen and oxygen atoms in total. The maximum absolute atomic E-state index is 3.67. The van der Waals surface area contributed by atoms with Crippen molar-refractivity contribution in [2.45, 2.75) is 40.0 Å². The first-order valence-corrected chi connectivity index (χ1v) is 5.39. The zero-order valence-corrected chi connectivity index (χ0v) is 9.72. The Hall–Kier alpha value is -1.04. The van der Waals surface area contributed by atoms with Crippen LogP contribution in [0.25, 0.3) is 0 Å². The molecule has 0 fully saturated rings. The monoisotopic (exact) mass is 190 g/mol. The Morgan fingerprint density at radius 3 is 2.00 bits per heavy atom. The van der Waals surface area contributed by atoms with Crippen LogP contribution in [0.2, 0.25) is 0 Å².